The van der Waals surface area contributed by atoms with Gasteiger partial charge in [-0.25, -0.2) is 9.48 Å². The fourth-order valence-electron chi connectivity index (χ4n) is 6.65. The van der Waals surface area contributed by atoms with Crippen molar-refractivity contribution in [2.45, 2.75) is 84.5 Å². The first kappa shape index (κ1) is 27.2. The summed E-state index contributed by atoms with van der Waals surface area (Å²) in [6, 6.07) is 8.31. The molecule has 202 valence electrons. The topological polar surface area (TPSA) is 96.7 Å². The number of likely N-dealkylation sites (tertiary alicyclic amines) is 1. The molecule has 8 heteroatoms. The van der Waals surface area contributed by atoms with Gasteiger partial charge >= 0.3 is 5.97 Å². The molecular weight excluding hydrogens is 468 g/mol. The molecule has 1 aromatic heterocycles. The Hall–Kier alpha value is -2.87. The Bertz CT molecular complexity index is 1100. The van der Waals surface area contributed by atoms with E-state index in [-0.39, 0.29) is 29.2 Å². The first-order valence-corrected chi connectivity index (χ1v) is 13.5. The zero-order chi connectivity index (χ0) is 26.9. The minimum absolute atomic E-state index is 0.0189. The number of rotatable bonds is 7. The highest BCUT2D eigenvalue weighted by molar-refractivity contribution is 5.87. The Morgan fingerprint density at radius 3 is 2.35 bits per heavy atom. The van der Waals surface area contributed by atoms with E-state index in [1.807, 2.05) is 44.3 Å². The molecule has 8 nitrogen and oxygen atoms in total. The van der Waals surface area contributed by atoms with E-state index in [2.05, 4.69) is 31.2 Å². The van der Waals surface area contributed by atoms with Gasteiger partial charge < -0.3 is 20.1 Å². The summed E-state index contributed by atoms with van der Waals surface area (Å²) >= 11 is 0. The van der Waals surface area contributed by atoms with Gasteiger partial charge in [0.25, 0.3) is 0 Å². The lowest BCUT2D eigenvalue weighted by molar-refractivity contribution is -0.154. The highest BCUT2D eigenvalue weighted by Crippen LogP contribution is 2.49. The predicted molar refractivity (Wildman–Crippen MR) is 142 cm³/mol. The molecule has 1 aromatic carbocycles. The highest BCUT2D eigenvalue weighted by atomic mass is 16.5. The number of benzene rings is 1. The van der Waals surface area contributed by atoms with Gasteiger partial charge in [0, 0.05) is 31.5 Å². The second-order valence-corrected chi connectivity index (χ2v) is 11.7. The summed E-state index contributed by atoms with van der Waals surface area (Å²) in [6.07, 6.45) is 4.82. The quantitative estimate of drug-likeness (QED) is 0.570. The Morgan fingerprint density at radius 1 is 1.14 bits per heavy atom. The second-order valence-electron chi connectivity index (χ2n) is 11.7. The van der Waals surface area contributed by atoms with Crippen LogP contribution >= 0.6 is 0 Å². The molecule has 2 N–H and O–H groups in total. The lowest BCUT2D eigenvalue weighted by atomic mass is 9.72. The number of amides is 1. The van der Waals surface area contributed by atoms with Crippen molar-refractivity contribution in [2.24, 2.45) is 24.3 Å². The molecule has 4 atom stereocenters. The van der Waals surface area contributed by atoms with Crippen molar-refractivity contribution >= 4 is 11.9 Å². The molecule has 0 radical (unpaired) electrons. The number of methoxy groups -OCH3 is 1. The number of carboxylic acid groups (broad SMARTS) is 1. The average molecular weight is 511 g/mol. The van der Waals surface area contributed by atoms with Gasteiger partial charge in [0.1, 0.15) is 6.04 Å². The number of carbonyl (C=O) groups is 2. The molecule has 4 rings (SSSR count). The van der Waals surface area contributed by atoms with Crippen molar-refractivity contribution in [3.05, 3.63) is 47.2 Å². The largest absolute Gasteiger partial charge is 0.481 e. The SMILES string of the molecule is COc1c(CN[C@@H]2[C@@H](C(C)(C)C)[C@H](C(=O)O)N(C(=O)C3CCCCC3)[C@@H]2c2ccccc2)c(C)nn1C. The number of ether oxygens (including phenoxy) is 1. The number of carboxylic acids is 1. The van der Waals surface area contributed by atoms with E-state index in [9.17, 15) is 14.7 Å². The summed E-state index contributed by atoms with van der Waals surface area (Å²) in [4.78, 5) is 28.8. The standard InChI is InChI=1S/C29H42N4O4/c1-18-21(27(37-6)32(5)31-18)17-30-23-22(29(2,3)4)25(28(35)36)33(24(23)19-13-9-7-10-14-19)26(34)20-15-11-8-12-16-20/h7,9-10,13-14,20,22-25,30H,8,11-12,15-17H2,1-6H3,(H,35,36)/t22-,23-,24-,25-/m1/s1. The summed E-state index contributed by atoms with van der Waals surface area (Å²) < 4.78 is 7.34. The van der Waals surface area contributed by atoms with Crippen molar-refractivity contribution in [2.75, 3.05) is 7.11 Å². The Labute approximate surface area is 220 Å². The van der Waals surface area contributed by atoms with Crippen molar-refractivity contribution in [1.82, 2.24) is 20.0 Å². The van der Waals surface area contributed by atoms with E-state index in [0.29, 0.717) is 12.4 Å². The van der Waals surface area contributed by atoms with Gasteiger partial charge in [-0.3, -0.25) is 4.79 Å². The summed E-state index contributed by atoms with van der Waals surface area (Å²) in [6.45, 7) is 8.64. The van der Waals surface area contributed by atoms with Crippen molar-refractivity contribution in [1.29, 1.82) is 0 Å². The number of aromatic nitrogens is 2. The van der Waals surface area contributed by atoms with Crippen LogP contribution in [-0.2, 0) is 23.2 Å². The number of hydrogen-bond donors (Lipinski definition) is 2. The molecule has 1 saturated carbocycles. The van der Waals surface area contributed by atoms with Crippen molar-refractivity contribution < 1.29 is 19.4 Å². The molecule has 0 bridgehead atoms. The van der Waals surface area contributed by atoms with Crippen molar-refractivity contribution in [3.63, 3.8) is 0 Å². The molecule has 2 aromatic rings. The summed E-state index contributed by atoms with van der Waals surface area (Å²) in [5, 5.41) is 18.8. The van der Waals surface area contributed by atoms with Crippen LogP contribution in [0.4, 0.5) is 0 Å². The number of aryl methyl sites for hydroxylation is 2. The van der Waals surface area contributed by atoms with Gasteiger partial charge in [-0.05, 0) is 30.7 Å². The molecule has 1 saturated heterocycles. The summed E-state index contributed by atoms with van der Waals surface area (Å²) in [7, 11) is 3.48. The zero-order valence-corrected chi connectivity index (χ0v) is 23.0. The average Bonchev–Trinajstić information content (AvgIpc) is 3.36. The molecule has 1 amide bonds. The van der Waals surface area contributed by atoms with Gasteiger partial charge in [0.15, 0.2) is 0 Å². The van der Waals surface area contributed by atoms with Gasteiger partial charge in [-0.1, -0.05) is 70.4 Å². The molecule has 2 fully saturated rings. The minimum atomic E-state index is -0.940. The molecular formula is C29H42N4O4. The third-order valence-corrected chi connectivity index (χ3v) is 8.27. The predicted octanol–water partition coefficient (Wildman–Crippen LogP) is 4.47. The normalized spacial score (nSPS) is 24.9. The molecule has 37 heavy (non-hydrogen) atoms. The zero-order valence-electron chi connectivity index (χ0n) is 23.0. The number of nitrogens with zero attached hydrogens (tertiary/aromatic N) is 3. The number of carbonyl (C=O) groups excluding carboxylic acids is 1. The van der Waals surface area contributed by atoms with Crippen LogP contribution < -0.4 is 10.1 Å². The van der Waals surface area contributed by atoms with E-state index in [1.165, 1.54) is 0 Å². The maximum atomic E-state index is 14.2. The van der Waals surface area contributed by atoms with Gasteiger partial charge in [0.05, 0.1) is 24.4 Å². The van der Waals surface area contributed by atoms with Gasteiger partial charge in [-0.15, -0.1) is 0 Å². The molecule has 1 aliphatic carbocycles. The first-order valence-electron chi connectivity index (χ1n) is 13.5. The van der Waals surface area contributed by atoms with Crippen LogP contribution in [0.1, 0.15) is 75.7 Å². The summed E-state index contributed by atoms with van der Waals surface area (Å²) in [5.74, 6) is -0.719. The lowest BCUT2D eigenvalue weighted by Gasteiger charge is -2.36. The van der Waals surface area contributed by atoms with Crippen LogP contribution in [0.5, 0.6) is 5.88 Å². The Morgan fingerprint density at radius 2 is 1.78 bits per heavy atom. The molecule has 1 aliphatic heterocycles. The van der Waals surface area contributed by atoms with E-state index >= 15 is 0 Å². The number of hydrogen-bond acceptors (Lipinski definition) is 5. The lowest BCUT2D eigenvalue weighted by Crippen LogP contribution is -2.49. The second kappa shape index (κ2) is 10.9. The third kappa shape index (κ3) is 5.26. The minimum Gasteiger partial charge on any atom is -0.481 e. The van der Waals surface area contributed by atoms with Crippen LogP contribution in [0.2, 0.25) is 0 Å². The fourth-order valence-corrected chi connectivity index (χ4v) is 6.65. The van der Waals surface area contributed by atoms with Crippen LogP contribution in [0.3, 0.4) is 0 Å². The fraction of sp³-hybridized carbons (Fsp3) is 0.621. The van der Waals surface area contributed by atoms with E-state index < -0.39 is 18.1 Å². The molecule has 2 heterocycles. The third-order valence-electron chi connectivity index (χ3n) is 8.27. The Kier molecular flexibility index (Phi) is 7.97. The number of nitrogens with one attached hydrogen (secondary N) is 1. The first-order chi connectivity index (χ1) is 17.6. The van der Waals surface area contributed by atoms with Gasteiger partial charge in [0.2, 0.25) is 11.8 Å². The Balaban J connectivity index is 1.81. The molecule has 2 aliphatic rings. The van der Waals surface area contributed by atoms with Crippen LogP contribution in [0.15, 0.2) is 30.3 Å². The van der Waals surface area contributed by atoms with Crippen LogP contribution in [-0.4, -0.2) is 50.9 Å². The smallest absolute Gasteiger partial charge is 0.326 e. The van der Waals surface area contributed by atoms with E-state index in [4.69, 9.17) is 4.74 Å². The van der Waals surface area contributed by atoms with E-state index in [0.717, 1.165) is 48.9 Å². The van der Waals surface area contributed by atoms with Gasteiger partial charge in [-0.2, -0.15) is 5.10 Å². The van der Waals surface area contributed by atoms with Crippen molar-refractivity contribution in [3.8, 4) is 5.88 Å². The number of aliphatic carboxylic acids is 1. The summed E-state index contributed by atoms with van der Waals surface area (Å²) in [5.41, 5.74) is 2.38. The maximum absolute atomic E-state index is 14.2. The van der Waals surface area contributed by atoms with Crippen LogP contribution in [0.25, 0.3) is 0 Å². The maximum Gasteiger partial charge on any atom is 0.326 e. The van der Waals surface area contributed by atoms with Crippen LogP contribution in [0, 0.1) is 24.2 Å². The highest BCUT2D eigenvalue weighted by Gasteiger charge is 2.58. The monoisotopic (exact) mass is 510 g/mol. The molecule has 0 unspecified atom stereocenters. The molecule has 0 spiro atoms. The van der Waals surface area contributed by atoms with E-state index in [1.54, 1.807) is 16.7 Å².